The molecule has 0 unspecified atom stereocenters. The summed E-state index contributed by atoms with van der Waals surface area (Å²) in [4.78, 5) is 26.7. The summed E-state index contributed by atoms with van der Waals surface area (Å²) in [6.45, 7) is 3.87. The SMILES string of the molecule is C=CCN(C(=O)n1nnn(-c2ccccc2Cl)c1=O)c1ccccc1. The first-order valence-electron chi connectivity index (χ1n) is 7.41. The third kappa shape index (κ3) is 3.22. The number of rotatable bonds is 4. The Morgan fingerprint density at radius 3 is 2.48 bits per heavy atom. The van der Waals surface area contributed by atoms with Gasteiger partial charge in [-0.3, -0.25) is 4.90 Å². The van der Waals surface area contributed by atoms with E-state index in [1.807, 2.05) is 6.07 Å². The molecule has 0 aliphatic heterocycles. The lowest BCUT2D eigenvalue weighted by Crippen LogP contribution is -2.41. The largest absolute Gasteiger partial charge is 0.377 e. The van der Waals surface area contributed by atoms with Crippen molar-refractivity contribution in [2.24, 2.45) is 0 Å². The van der Waals surface area contributed by atoms with Gasteiger partial charge in [0.2, 0.25) is 0 Å². The highest BCUT2D eigenvalue weighted by Gasteiger charge is 2.22. The van der Waals surface area contributed by atoms with E-state index >= 15 is 0 Å². The number of hydrogen-bond donors (Lipinski definition) is 0. The molecule has 25 heavy (non-hydrogen) atoms. The fraction of sp³-hybridized carbons (Fsp3) is 0.0588. The highest BCUT2D eigenvalue weighted by molar-refractivity contribution is 6.32. The quantitative estimate of drug-likeness (QED) is 0.533. The maximum atomic E-state index is 12.8. The molecule has 0 radical (unpaired) electrons. The molecular weight excluding hydrogens is 342 g/mol. The van der Waals surface area contributed by atoms with E-state index in [1.54, 1.807) is 54.6 Å². The van der Waals surface area contributed by atoms with E-state index < -0.39 is 11.7 Å². The Morgan fingerprint density at radius 2 is 1.80 bits per heavy atom. The van der Waals surface area contributed by atoms with Crippen molar-refractivity contribution in [3.63, 3.8) is 0 Å². The maximum Gasteiger partial charge on any atom is 0.377 e. The third-order valence-electron chi connectivity index (χ3n) is 3.45. The van der Waals surface area contributed by atoms with Crippen LogP contribution >= 0.6 is 11.6 Å². The Balaban J connectivity index is 2.02. The number of amides is 1. The normalized spacial score (nSPS) is 10.4. The number of anilines is 1. The second-order valence-corrected chi connectivity index (χ2v) is 5.46. The van der Waals surface area contributed by atoms with Crippen LogP contribution in [0.3, 0.4) is 0 Å². The number of halogens is 1. The number of para-hydroxylation sites is 2. The highest BCUT2D eigenvalue weighted by atomic mass is 35.5. The minimum Gasteiger partial charge on any atom is -0.289 e. The van der Waals surface area contributed by atoms with Gasteiger partial charge < -0.3 is 0 Å². The van der Waals surface area contributed by atoms with Gasteiger partial charge in [0.25, 0.3) is 0 Å². The first-order chi connectivity index (χ1) is 12.1. The zero-order chi connectivity index (χ0) is 17.8. The van der Waals surface area contributed by atoms with Gasteiger partial charge in [-0.15, -0.1) is 11.3 Å². The third-order valence-corrected chi connectivity index (χ3v) is 3.77. The van der Waals surface area contributed by atoms with Gasteiger partial charge in [-0.1, -0.05) is 48.0 Å². The molecule has 2 aromatic carbocycles. The lowest BCUT2D eigenvalue weighted by Gasteiger charge is -2.19. The Hall–Kier alpha value is -3.19. The van der Waals surface area contributed by atoms with Crippen LogP contribution in [0, 0.1) is 0 Å². The Labute approximate surface area is 148 Å². The van der Waals surface area contributed by atoms with Crippen LogP contribution in [0.25, 0.3) is 5.69 Å². The summed E-state index contributed by atoms with van der Waals surface area (Å²) in [6.07, 6.45) is 1.56. The molecule has 7 nitrogen and oxygen atoms in total. The van der Waals surface area contributed by atoms with Crippen LogP contribution in [0.15, 0.2) is 72.0 Å². The monoisotopic (exact) mass is 355 g/mol. The average molecular weight is 356 g/mol. The Kier molecular flexibility index (Phi) is 4.76. The van der Waals surface area contributed by atoms with Crippen LogP contribution in [0.5, 0.6) is 0 Å². The van der Waals surface area contributed by atoms with Crippen molar-refractivity contribution in [1.29, 1.82) is 0 Å². The minimum absolute atomic E-state index is 0.217. The van der Waals surface area contributed by atoms with Crippen LogP contribution in [0.1, 0.15) is 0 Å². The lowest BCUT2D eigenvalue weighted by molar-refractivity contribution is 0.244. The number of aromatic nitrogens is 4. The van der Waals surface area contributed by atoms with Crippen LogP contribution in [0.2, 0.25) is 5.02 Å². The molecule has 8 heteroatoms. The smallest absolute Gasteiger partial charge is 0.289 e. The highest BCUT2D eigenvalue weighted by Crippen LogP contribution is 2.17. The van der Waals surface area contributed by atoms with E-state index in [2.05, 4.69) is 17.0 Å². The first-order valence-corrected chi connectivity index (χ1v) is 7.79. The molecule has 1 aromatic heterocycles. The molecule has 0 saturated heterocycles. The van der Waals surface area contributed by atoms with E-state index in [0.717, 1.165) is 4.68 Å². The second-order valence-electron chi connectivity index (χ2n) is 5.05. The fourth-order valence-electron chi connectivity index (χ4n) is 2.29. The van der Waals surface area contributed by atoms with E-state index in [4.69, 9.17) is 11.6 Å². The van der Waals surface area contributed by atoms with Crippen molar-refractivity contribution >= 4 is 23.3 Å². The molecule has 1 amide bonds. The van der Waals surface area contributed by atoms with Gasteiger partial charge in [0.15, 0.2) is 0 Å². The van der Waals surface area contributed by atoms with Crippen molar-refractivity contribution in [2.45, 2.75) is 0 Å². The first kappa shape index (κ1) is 16.7. The molecular formula is C17H14ClN5O2. The lowest BCUT2D eigenvalue weighted by atomic mass is 10.3. The van der Waals surface area contributed by atoms with Gasteiger partial charge in [0, 0.05) is 12.2 Å². The van der Waals surface area contributed by atoms with E-state index in [1.165, 1.54) is 4.90 Å². The summed E-state index contributed by atoms with van der Waals surface area (Å²) in [7, 11) is 0. The number of tetrazole rings is 1. The molecule has 0 saturated carbocycles. The summed E-state index contributed by atoms with van der Waals surface area (Å²) < 4.78 is 1.68. The number of carbonyl (C=O) groups is 1. The van der Waals surface area contributed by atoms with Crippen LogP contribution < -0.4 is 10.6 Å². The number of benzene rings is 2. The predicted molar refractivity (Wildman–Crippen MR) is 95.4 cm³/mol. The zero-order valence-electron chi connectivity index (χ0n) is 13.1. The summed E-state index contributed by atoms with van der Waals surface area (Å²) in [6, 6.07) is 15.0. The van der Waals surface area contributed by atoms with Crippen molar-refractivity contribution in [3.8, 4) is 5.69 Å². The Bertz CT molecular complexity index is 964. The predicted octanol–water partition coefficient (Wildman–Crippen LogP) is 2.74. The standard InChI is InChI=1S/C17H14ClN5O2/c1-2-12-21(13-8-4-3-5-9-13)16(24)23-17(25)22(19-20-23)15-11-7-6-10-14(15)18/h2-11H,1,12H2. The number of hydrogen-bond acceptors (Lipinski definition) is 4. The van der Waals surface area contributed by atoms with E-state index in [9.17, 15) is 9.59 Å². The molecule has 0 atom stereocenters. The molecule has 0 aliphatic rings. The van der Waals surface area contributed by atoms with Crippen molar-refractivity contribution in [2.75, 3.05) is 11.4 Å². The van der Waals surface area contributed by atoms with E-state index in [-0.39, 0.29) is 6.54 Å². The molecule has 0 N–H and O–H groups in total. The molecule has 3 aromatic rings. The molecule has 0 fully saturated rings. The van der Waals surface area contributed by atoms with Gasteiger partial charge in [-0.05, 0) is 34.7 Å². The molecule has 126 valence electrons. The van der Waals surface area contributed by atoms with Crippen LogP contribution in [-0.4, -0.2) is 32.4 Å². The van der Waals surface area contributed by atoms with E-state index in [0.29, 0.717) is 21.1 Å². The second kappa shape index (κ2) is 7.14. The number of carbonyl (C=O) groups excluding carboxylic acids is 1. The van der Waals surface area contributed by atoms with Gasteiger partial charge in [-0.2, -0.15) is 4.68 Å². The molecule has 0 spiro atoms. The molecule has 0 bridgehead atoms. The maximum absolute atomic E-state index is 12.8. The van der Waals surface area contributed by atoms with Gasteiger partial charge in [-0.25, -0.2) is 9.59 Å². The van der Waals surface area contributed by atoms with Crippen molar-refractivity contribution < 1.29 is 4.79 Å². The van der Waals surface area contributed by atoms with Crippen LogP contribution in [0.4, 0.5) is 10.5 Å². The summed E-state index contributed by atoms with van der Waals surface area (Å²) >= 11 is 6.08. The summed E-state index contributed by atoms with van der Waals surface area (Å²) in [5.74, 6) is 0. The average Bonchev–Trinajstić information content (AvgIpc) is 3.01. The number of nitrogens with zero attached hydrogens (tertiary/aromatic N) is 5. The minimum atomic E-state index is -0.705. The van der Waals surface area contributed by atoms with Crippen LogP contribution in [-0.2, 0) is 0 Å². The molecule has 3 rings (SSSR count). The summed E-state index contributed by atoms with van der Waals surface area (Å²) in [5.41, 5.74) is 0.262. The van der Waals surface area contributed by atoms with Gasteiger partial charge >= 0.3 is 11.7 Å². The fourth-order valence-corrected chi connectivity index (χ4v) is 2.50. The van der Waals surface area contributed by atoms with Gasteiger partial charge in [0.1, 0.15) is 0 Å². The van der Waals surface area contributed by atoms with Gasteiger partial charge in [0.05, 0.1) is 10.7 Å². The topological polar surface area (TPSA) is 73.0 Å². The zero-order valence-corrected chi connectivity index (χ0v) is 13.9. The molecule has 1 heterocycles. The Morgan fingerprint density at radius 1 is 1.12 bits per heavy atom. The molecule has 0 aliphatic carbocycles. The summed E-state index contributed by atoms with van der Waals surface area (Å²) in [5, 5.41) is 7.79. The van der Waals surface area contributed by atoms with Crippen molar-refractivity contribution in [3.05, 3.63) is 82.8 Å². The van der Waals surface area contributed by atoms with Crippen molar-refractivity contribution in [1.82, 2.24) is 19.8 Å².